The summed E-state index contributed by atoms with van der Waals surface area (Å²) >= 11 is 0. The summed E-state index contributed by atoms with van der Waals surface area (Å²) in [6.07, 6.45) is 0. The Hall–Kier alpha value is -1.59. The Bertz CT molecular complexity index is 447. The van der Waals surface area contributed by atoms with E-state index in [0.717, 1.165) is 45.3 Å². The van der Waals surface area contributed by atoms with Crippen LogP contribution in [0.25, 0.3) is 0 Å². The number of primary amides is 1. The molecule has 2 aliphatic rings. The number of piperazine rings is 1. The van der Waals surface area contributed by atoms with Gasteiger partial charge in [-0.3, -0.25) is 9.69 Å². The second kappa shape index (κ2) is 5.19. The lowest BCUT2D eigenvalue weighted by atomic mass is 10.1. The summed E-state index contributed by atoms with van der Waals surface area (Å²) in [7, 11) is 0. The lowest BCUT2D eigenvalue weighted by Gasteiger charge is -2.43. The molecule has 3 rings (SSSR count). The maximum absolute atomic E-state index is 11.0. The van der Waals surface area contributed by atoms with Crippen molar-refractivity contribution in [3.8, 4) is 0 Å². The van der Waals surface area contributed by atoms with Crippen LogP contribution in [0.4, 0.5) is 5.69 Å². The lowest BCUT2D eigenvalue weighted by molar-refractivity contribution is 0.100. The van der Waals surface area contributed by atoms with Crippen molar-refractivity contribution in [3.63, 3.8) is 0 Å². The quantitative estimate of drug-likeness (QED) is 0.795. The van der Waals surface area contributed by atoms with E-state index >= 15 is 0 Å². The molecule has 1 aromatic rings. The molecular formula is C14H20N4O. The summed E-state index contributed by atoms with van der Waals surface area (Å²) < 4.78 is 0. The van der Waals surface area contributed by atoms with Crippen LogP contribution in [0.15, 0.2) is 24.3 Å². The number of nitrogens with two attached hydrogens (primary N) is 1. The highest BCUT2D eigenvalue weighted by Crippen LogP contribution is 2.18. The lowest BCUT2D eigenvalue weighted by Crippen LogP contribution is -2.61. The van der Waals surface area contributed by atoms with Gasteiger partial charge in [0.15, 0.2) is 0 Å². The highest BCUT2D eigenvalue weighted by molar-refractivity contribution is 5.93. The van der Waals surface area contributed by atoms with Gasteiger partial charge in [0.05, 0.1) is 0 Å². The molecule has 0 spiro atoms. The monoisotopic (exact) mass is 260 g/mol. The number of carbonyl (C=O) groups is 1. The van der Waals surface area contributed by atoms with Crippen LogP contribution in [0.2, 0.25) is 0 Å². The van der Waals surface area contributed by atoms with Crippen molar-refractivity contribution in [3.05, 3.63) is 29.8 Å². The number of rotatable bonds is 3. The van der Waals surface area contributed by atoms with E-state index in [-0.39, 0.29) is 5.91 Å². The van der Waals surface area contributed by atoms with Gasteiger partial charge in [0.2, 0.25) is 5.91 Å². The number of anilines is 1. The number of hydrogen-bond donors (Lipinski definition) is 2. The Labute approximate surface area is 113 Å². The van der Waals surface area contributed by atoms with E-state index in [9.17, 15) is 4.79 Å². The SMILES string of the molecule is NC(=O)c1ccc(N2CCN(C3CNC3)CC2)cc1. The Balaban J connectivity index is 1.59. The first-order valence-electron chi connectivity index (χ1n) is 6.83. The van der Waals surface area contributed by atoms with Crippen molar-refractivity contribution in [2.75, 3.05) is 44.2 Å². The predicted molar refractivity (Wildman–Crippen MR) is 75.4 cm³/mol. The topological polar surface area (TPSA) is 61.6 Å². The van der Waals surface area contributed by atoms with Crippen LogP contribution in [-0.4, -0.2) is 56.1 Å². The van der Waals surface area contributed by atoms with Gasteiger partial charge in [-0.15, -0.1) is 0 Å². The summed E-state index contributed by atoms with van der Waals surface area (Å²) in [6, 6.07) is 8.32. The predicted octanol–water partition coefficient (Wildman–Crippen LogP) is -0.121. The van der Waals surface area contributed by atoms with Gasteiger partial charge in [-0.2, -0.15) is 0 Å². The fourth-order valence-electron chi connectivity index (χ4n) is 2.71. The second-order valence-corrected chi connectivity index (χ2v) is 5.25. The highest BCUT2D eigenvalue weighted by Gasteiger charge is 2.27. The first-order chi connectivity index (χ1) is 9.24. The van der Waals surface area contributed by atoms with Gasteiger partial charge in [0.25, 0.3) is 0 Å². The molecular weight excluding hydrogens is 240 g/mol. The highest BCUT2D eigenvalue weighted by atomic mass is 16.1. The molecule has 0 bridgehead atoms. The van der Waals surface area contributed by atoms with E-state index in [1.54, 1.807) is 12.1 Å². The van der Waals surface area contributed by atoms with Crippen LogP contribution in [0, 0.1) is 0 Å². The molecule has 0 aromatic heterocycles. The Morgan fingerprint density at radius 3 is 2.21 bits per heavy atom. The molecule has 1 aromatic carbocycles. The molecule has 5 nitrogen and oxygen atoms in total. The number of nitrogens with one attached hydrogen (secondary N) is 1. The minimum absolute atomic E-state index is 0.367. The van der Waals surface area contributed by atoms with E-state index in [1.807, 2.05) is 12.1 Å². The summed E-state index contributed by atoms with van der Waals surface area (Å²) in [6.45, 7) is 6.59. The molecule has 0 atom stereocenters. The largest absolute Gasteiger partial charge is 0.369 e. The summed E-state index contributed by atoms with van der Waals surface area (Å²) in [5.74, 6) is -0.367. The molecule has 0 aliphatic carbocycles. The fraction of sp³-hybridized carbons (Fsp3) is 0.500. The van der Waals surface area contributed by atoms with Crippen LogP contribution < -0.4 is 16.0 Å². The van der Waals surface area contributed by atoms with Crippen LogP contribution >= 0.6 is 0 Å². The molecule has 2 aliphatic heterocycles. The number of hydrogen-bond acceptors (Lipinski definition) is 4. The average Bonchev–Trinajstić information content (AvgIpc) is 2.38. The number of amides is 1. The summed E-state index contributed by atoms with van der Waals surface area (Å²) in [5.41, 5.74) is 7.00. The maximum Gasteiger partial charge on any atom is 0.248 e. The molecule has 0 saturated carbocycles. The average molecular weight is 260 g/mol. The van der Waals surface area contributed by atoms with Crippen molar-refractivity contribution in [2.24, 2.45) is 5.73 Å². The van der Waals surface area contributed by atoms with Crippen LogP contribution in [0.1, 0.15) is 10.4 Å². The fourth-order valence-corrected chi connectivity index (χ4v) is 2.71. The Morgan fingerprint density at radius 2 is 1.74 bits per heavy atom. The zero-order valence-electron chi connectivity index (χ0n) is 11.0. The maximum atomic E-state index is 11.0. The van der Waals surface area contributed by atoms with Crippen molar-refractivity contribution in [2.45, 2.75) is 6.04 Å². The van der Waals surface area contributed by atoms with E-state index in [4.69, 9.17) is 5.73 Å². The van der Waals surface area contributed by atoms with Crippen LogP contribution in [0.5, 0.6) is 0 Å². The Kier molecular flexibility index (Phi) is 3.40. The molecule has 1 amide bonds. The van der Waals surface area contributed by atoms with E-state index in [0.29, 0.717) is 5.56 Å². The Morgan fingerprint density at radius 1 is 1.11 bits per heavy atom. The van der Waals surface area contributed by atoms with Gasteiger partial charge in [0, 0.05) is 56.6 Å². The third-order valence-electron chi connectivity index (χ3n) is 4.11. The third-order valence-corrected chi connectivity index (χ3v) is 4.11. The molecule has 2 fully saturated rings. The van der Waals surface area contributed by atoms with E-state index in [1.165, 1.54) is 5.69 Å². The molecule has 0 unspecified atom stereocenters. The first kappa shape index (κ1) is 12.4. The van der Waals surface area contributed by atoms with E-state index < -0.39 is 0 Å². The van der Waals surface area contributed by atoms with Gasteiger partial charge < -0.3 is 16.0 Å². The normalized spacial score (nSPS) is 21.2. The zero-order valence-corrected chi connectivity index (χ0v) is 11.0. The van der Waals surface area contributed by atoms with Gasteiger partial charge in [-0.1, -0.05) is 0 Å². The summed E-state index contributed by atoms with van der Waals surface area (Å²) in [5, 5.41) is 3.32. The van der Waals surface area contributed by atoms with Gasteiger partial charge in [0.1, 0.15) is 0 Å². The molecule has 0 radical (unpaired) electrons. The molecule has 19 heavy (non-hydrogen) atoms. The zero-order chi connectivity index (χ0) is 13.2. The van der Waals surface area contributed by atoms with Gasteiger partial charge in [-0.05, 0) is 24.3 Å². The summed E-state index contributed by atoms with van der Waals surface area (Å²) in [4.78, 5) is 16.0. The third kappa shape index (κ3) is 2.57. The van der Waals surface area contributed by atoms with Crippen molar-refractivity contribution in [1.82, 2.24) is 10.2 Å². The second-order valence-electron chi connectivity index (χ2n) is 5.25. The van der Waals surface area contributed by atoms with Crippen LogP contribution in [0.3, 0.4) is 0 Å². The minimum Gasteiger partial charge on any atom is -0.369 e. The molecule has 2 heterocycles. The molecule has 5 heteroatoms. The van der Waals surface area contributed by atoms with Gasteiger partial charge >= 0.3 is 0 Å². The number of nitrogens with zero attached hydrogens (tertiary/aromatic N) is 2. The van der Waals surface area contributed by atoms with Crippen LogP contribution in [-0.2, 0) is 0 Å². The van der Waals surface area contributed by atoms with Crippen molar-refractivity contribution < 1.29 is 4.79 Å². The van der Waals surface area contributed by atoms with Crippen molar-refractivity contribution in [1.29, 1.82) is 0 Å². The van der Waals surface area contributed by atoms with Crippen molar-refractivity contribution >= 4 is 11.6 Å². The smallest absolute Gasteiger partial charge is 0.248 e. The molecule has 2 saturated heterocycles. The molecule has 102 valence electrons. The van der Waals surface area contributed by atoms with Gasteiger partial charge in [-0.25, -0.2) is 0 Å². The standard InChI is InChI=1S/C14H20N4O/c15-14(19)11-1-3-12(4-2-11)17-5-7-18(8-6-17)13-9-16-10-13/h1-4,13,16H,5-10H2,(H2,15,19). The first-order valence-corrected chi connectivity index (χ1v) is 6.83. The minimum atomic E-state index is -0.367. The van der Waals surface area contributed by atoms with E-state index in [2.05, 4.69) is 15.1 Å². The number of carbonyl (C=O) groups excluding carboxylic acids is 1. The molecule has 3 N–H and O–H groups in total. The number of benzene rings is 1.